The van der Waals surface area contributed by atoms with Crippen molar-refractivity contribution in [1.82, 2.24) is 14.5 Å². The molecule has 0 saturated carbocycles. The SMILES string of the molecule is CN(CCBr)C(=O)c1cnns1. The minimum atomic E-state index is -0.0237. The first-order chi connectivity index (χ1) is 5.75. The summed E-state index contributed by atoms with van der Waals surface area (Å²) in [5, 5.41) is 4.37. The minimum absolute atomic E-state index is 0.0237. The fourth-order valence-corrected chi connectivity index (χ4v) is 1.72. The Balaban J connectivity index is 2.59. The highest BCUT2D eigenvalue weighted by molar-refractivity contribution is 9.09. The molecule has 0 radical (unpaired) electrons. The van der Waals surface area contributed by atoms with E-state index in [9.17, 15) is 4.79 Å². The van der Waals surface area contributed by atoms with Crippen LogP contribution in [0.3, 0.4) is 0 Å². The van der Waals surface area contributed by atoms with Gasteiger partial charge >= 0.3 is 0 Å². The van der Waals surface area contributed by atoms with Crippen LogP contribution in [0, 0.1) is 0 Å². The summed E-state index contributed by atoms with van der Waals surface area (Å²) in [6.45, 7) is 0.691. The van der Waals surface area contributed by atoms with Gasteiger partial charge in [0.2, 0.25) is 0 Å². The molecular formula is C6H8BrN3OS. The van der Waals surface area contributed by atoms with E-state index in [2.05, 4.69) is 25.5 Å². The smallest absolute Gasteiger partial charge is 0.266 e. The lowest BCUT2D eigenvalue weighted by Crippen LogP contribution is -2.27. The number of halogens is 1. The van der Waals surface area contributed by atoms with E-state index in [0.29, 0.717) is 11.4 Å². The number of amides is 1. The minimum Gasteiger partial charge on any atom is -0.340 e. The molecule has 0 aliphatic carbocycles. The van der Waals surface area contributed by atoms with Gasteiger partial charge in [0.05, 0.1) is 6.20 Å². The van der Waals surface area contributed by atoms with Gasteiger partial charge in [0.15, 0.2) is 0 Å². The van der Waals surface area contributed by atoms with Crippen molar-refractivity contribution in [3.63, 3.8) is 0 Å². The molecule has 12 heavy (non-hydrogen) atoms. The standard InChI is InChI=1S/C6H8BrN3OS/c1-10(3-2-7)6(11)5-4-8-9-12-5/h4H,2-3H2,1H3. The first kappa shape index (κ1) is 9.60. The van der Waals surface area contributed by atoms with Gasteiger partial charge in [-0.3, -0.25) is 4.79 Å². The molecule has 6 heteroatoms. The molecule has 0 aliphatic heterocycles. The van der Waals surface area contributed by atoms with E-state index >= 15 is 0 Å². The number of hydrogen-bond acceptors (Lipinski definition) is 4. The van der Waals surface area contributed by atoms with Crippen LogP contribution in [0.5, 0.6) is 0 Å². The third kappa shape index (κ3) is 2.25. The fourth-order valence-electron chi connectivity index (χ4n) is 0.678. The Bertz CT molecular complexity index is 251. The summed E-state index contributed by atoms with van der Waals surface area (Å²) in [5.41, 5.74) is 0. The third-order valence-corrected chi connectivity index (χ3v) is 2.35. The molecule has 0 saturated heterocycles. The van der Waals surface area contributed by atoms with Crippen molar-refractivity contribution in [1.29, 1.82) is 0 Å². The molecule has 1 aromatic heterocycles. The number of aromatic nitrogens is 2. The maximum Gasteiger partial charge on any atom is 0.266 e. The first-order valence-corrected chi connectivity index (χ1v) is 5.24. The Morgan fingerprint density at radius 1 is 1.83 bits per heavy atom. The van der Waals surface area contributed by atoms with Crippen molar-refractivity contribution in [3.05, 3.63) is 11.1 Å². The molecule has 4 nitrogen and oxygen atoms in total. The lowest BCUT2D eigenvalue weighted by atomic mass is 10.4. The van der Waals surface area contributed by atoms with Gasteiger partial charge in [-0.05, 0) is 11.5 Å². The average molecular weight is 250 g/mol. The van der Waals surface area contributed by atoms with Crippen molar-refractivity contribution < 1.29 is 4.79 Å². The summed E-state index contributed by atoms with van der Waals surface area (Å²) in [6, 6.07) is 0. The van der Waals surface area contributed by atoms with Crippen LogP contribution < -0.4 is 0 Å². The van der Waals surface area contributed by atoms with E-state index in [4.69, 9.17) is 0 Å². The molecule has 66 valence electrons. The monoisotopic (exact) mass is 249 g/mol. The first-order valence-electron chi connectivity index (χ1n) is 3.34. The van der Waals surface area contributed by atoms with Crippen molar-refractivity contribution >= 4 is 33.4 Å². The number of carbonyl (C=O) groups excluding carboxylic acids is 1. The summed E-state index contributed by atoms with van der Waals surface area (Å²) in [4.78, 5) is 13.6. The zero-order valence-electron chi connectivity index (χ0n) is 6.53. The van der Waals surface area contributed by atoms with Gasteiger partial charge in [-0.15, -0.1) is 5.10 Å². The van der Waals surface area contributed by atoms with Gasteiger partial charge < -0.3 is 4.90 Å². The van der Waals surface area contributed by atoms with Gasteiger partial charge in [-0.1, -0.05) is 20.4 Å². The van der Waals surface area contributed by atoms with Gasteiger partial charge in [0.1, 0.15) is 4.88 Å². The molecule has 0 aromatic carbocycles. The van der Waals surface area contributed by atoms with Crippen LogP contribution in [0.1, 0.15) is 9.67 Å². The third-order valence-electron chi connectivity index (χ3n) is 1.34. The largest absolute Gasteiger partial charge is 0.340 e. The van der Waals surface area contributed by atoms with Crippen molar-refractivity contribution in [2.45, 2.75) is 0 Å². The predicted molar refractivity (Wildman–Crippen MR) is 50.7 cm³/mol. The Kier molecular flexibility index (Phi) is 3.61. The summed E-state index contributed by atoms with van der Waals surface area (Å²) in [5.74, 6) is -0.0237. The second-order valence-electron chi connectivity index (χ2n) is 2.20. The number of alkyl halides is 1. The lowest BCUT2D eigenvalue weighted by Gasteiger charge is -2.12. The van der Waals surface area contributed by atoms with E-state index in [1.165, 1.54) is 6.20 Å². The van der Waals surface area contributed by atoms with Crippen LogP contribution in [-0.2, 0) is 0 Å². The Hall–Kier alpha value is -0.490. The van der Waals surface area contributed by atoms with E-state index in [1.54, 1.807) is 11.9 Å². The molecule has 1 rings (SSSR count). The van der Waals surface area contributed by atoms with Crippen LogP contribution in [0.4, 0.5) is 0 Å². The second kappa shape index (κ2) is 4.51. The zero-order valence-corrected chi connectivity index (χ0v) is 8.93. The molecule has 0 bridgehead atoms. The topological polar surface area (TPSA) is 46.1 Å². The molecule has 0 aliphatic rings. The fraction of sp³-hybridized carbons (Fsp3) is 0.500. The highest BCUT2D eigenvalue weighted by Gasteiger charge is 2.12. The zero-order chi connectivity index (χ0) is 8.97. The highest BCUT2D eigenvalue weighted by atomic mass is 79.9. The normalized spacial score (nSPS) is 9.83. The highest BCUT2D eigenvalue weighted by Crippen LogP contribution is 2.05. The summed E-state index contributed by atoms with van der Waals surface area (Å²) in [6.07, 6.45) is 1.48. The molecule has 0 spiro atoms. The van der Waals surface area contributed by atoms with Gasteiger partial charge in [-0.25, -0.2) is 0 Å². The van der Waals surface area contributed by atoms with Crippen LogP contribution in [-0.4, -0.2) is 39.3 Å². The summed E-state index contributed by atoms with van der Waals surface area (Å²) >= 11 is 4.38. The maximum atomic E-state index is 11.4. The quantitative estimate of drug-likeness (QED) is 0.752. The molecule has 0 unspecified atom stereocenters. The van der Waals surface area contributed by atoms with Crippen molar-refractivity contribution in [2.24, 2.45) is 0 Å². The predicted octanol–water partition coefficient (Wildman–Crippen LogP) is 1.00. The molecule has 1 aromatic rings. The van der Waals surface area contributed by atoms with Crippen LogP contribution in [0.25, 0.3) is 0 Å². The second-order valence-corrected chi connectivity index (χ2v) is 3.78. The summed E-state index contributed by atoms with van der Waals surface area (Å²) in [7, 11) is 1.75. The summed E-state index contributed by atoms with van der Waals surface area (Å²) < 4.78 is 3.62. The van der Waals surface area contributed by atoms with E-state index in [-0.39, 0.29) is 5.91 Å². The number of rotatable bonds is 3. The van der Waals surface area contributed by atoms with Crippen LogP contribution in [0.15, 0.2) is 6.20 Å². The van der Waals surface area contributed by atoms with Crippen molar-refractivity contribution in [3.8, 4) is 0 Å². The van der Waals surface area contributed by atoms with E-state index < -0.39 is 0 Å². The molecule has 0 fully saturated rings. The van der Waals surface area contributed by atoms with Crippen LogP contribution in [0.2, 0.25) is 0 Å². The van der Waals surface area contributed by atoms with E-state index in [0.717, 1.165) is 16.9 Å². The van der Waals surface area contributed by atoms with Crippen molar-refractivity contribution in [2.75, 3.05) is 18.9 Å². The van der Waals surface area contributed by atoms with Crippen LogP contribution >= 0.6 is 27.5 Å². The van der Waals surface area contributed by atoms with Gasteiger partial charge in [0.25, 0.3) is 5.91 Å². The maximum absolute atomic E-state index is 11.4. The van der Waals surface area contributed by atoms with Gasteiger partial charge in [0, 0.05) is 18.9 Å². The molecular weight excluding hydrogens is 242 g/mol. The number of carbonyl (C=O) groups is 1. The molecule has 1 heterocycles. The number of nitrogens with zero attached hydrogens (tertiary/aromatic N) is 3. The molecule has 0 atom stereocenters. The molecule has 1 amide bonds. The number of hydrogen-bond donors (Lipinski definition) is 0. The lowest BCUT2D eigenvalue weighted by molar-refractivity contribution is 0.0808. The molecule has 0 N–H and O–H groups in total. The Labute approximate surface area is 82.9 Å². The van der Waals surface area contributed by atoms with Gasteiger partial charge in [-0.2, -0.15) is 0 Å². The van der Waals surface area contributed by atoms with E-state index in [1.807, 2.05) is 0 Å². The Morgan fingerprint density at radius 3 is 3.08 bits per heavy atom. The average Bonchev–Trinajstić information content (AvgIpc) is 2.55. The Morgan fingerprint density at radius 2 is 2.58 bits per heavy atom.